The number of carbonyl (C=O) groups excluding carboxylic acids is 1. The van der Waals surface area contributed by atoms with E-state index in [1.165, 1.54) is 24.8 Å². The van der Waals surface area contributed by atoms with Crippen LogP contribution in [0.2, 0.25) is 0 Å². The van der Waals surface area contributed by atoms with Gasteiger partial charge in [0.15, 0.2) is 0 Å². The van der Waals surface area contributed by atoms with E-state index in [9.17, 15) is 9.90 Å². The van der Waals surface area contributed by atoms with Crippen molar-refractivity contribution in [1.82, 2.24) is 5.32 Å². The van der Waals surface area contributed by atoms with Crippen molar-refractivity contribution < 1.29 is 9.90 Å². The first-order valence-electron chi connectivity index (χ1n) is 8.66. The average Bonchev–Trinajstić information content (AvgIpc) is 2.59. The first-order valence-corrected chi connectivity index (χ1v) is 8.66. The molecular formula is C19H29NO2. The van der Waals surface area contributed by atoms with Gasteiger partial charge in [-0.25, -0.2) is 0 Å². The van der Waals surface area contributed by atoms with Gasteiger partial charge in [0, 0.05) is 18.4 Å². The van der Waals surface area contributed by atoms with E-state index in [2.05, 4.69) is 29.6 Å². The van der Waals surface area contributed by atoms with Crippen molar-refractivity contribution in [2.45, 2.75) is 57.8 Å². The predicted octanol–water partition coefficient (Wildman–Crippen LogP) is 3.46. The monoisotopic (exact) mass is 303 g/mol. The molecule has 1 aliphatic carbocycles. The van der Waals surface area contributed by atoms with Crippen LogP contribution in [-0.2, 0) is 11.2 Å². The quantitative estimate of drug-likeness (QED) is 0.723. The lowest BCUT2D eigenvalue weighted by Gasteiger charge is -2.35. The van der Waals surface area contributed by atoms with Gasteiger partial charge >= 0.3 is 0 Å². The molecule has 0 aliphatic heterocycles. The standard InChI is InChI=1S/C19H29NO2/c21-16-19(13-7-2-8-14-19)15-20-18(22)12-6-5-11-17-9-3-1-4-10-17/h1,3-4,9-10,21H,2,5-8,11-16H2,(H,20,22). The number of hydrogen-bond acceptors (Lipinski definition) is 2. The topological polar surface area (TPSA) is 49.3 Å². The number of hydrogen-bond donors (Lipinski definition) is 2. The molecule has 1 saturated carbocycles. The van der Waals surface area contributed by atoms with Crippen molar-refractivity contribution in [1.29, 1.82) is 0 Å². The highest BCUT2D eigenvalue weighted by molar-refractivity contribution is 5.75. The summed E-state index contributed by atoms with van der Waals surface area (Å²) >= 11 is 0. The SMILES string of the molecule is O=C(CCCCc1ccccc1)NCC1(CO)CCCCC1. The van der Waals surface area contributed by atoms with Gasteiger partial charge in [-0.3, -0.25) is 4.79 Å². The Hall–Kier alpha value is -1.35. The lowest BCUT2D eigenvalue weighted by molar-refractivity contribution is -0.122. The Morgan fingerprint density at radius 3 is 2.50 bits per heavy atom. The third kappa shape index (κ3) is 5.45. The first kappa shape index (κ1) is 17.0. The summed E-state index contributed by atoms with van der Waals surface area (Å²) in [4.78, 5) is 12.0. The molecule has 1 fully saturated rings. The molecule has 0 bridgehead atoms. The molecular weight excluding hydrogens is 274 g/mol. The zero-order valence-corrected chi connectivity index (χ0v) is 13.5. The number of aryl methyl sites for hydroxylation is 1. The number of rotatable bonds is 8. The van der Waals surface area contributed by atoms with Gasteiger partial charge in [-0.05, 0) is 37.7 Å². The number of nitrogens with one attached hydrogen (secondary N) is 1. The second-order valence-electron chi connectivity index (χ2n) is 6.69. The van der Waals surface area contributed by atoms with E-state index >= 15 is 0 Å². The van der Waals surface area contributed by atoms with Crippen LogP contribution in [-0.4, -0.2) is 24.2 Å². The minimum Gasteiger partial charge on any atom is -0.396 e. The molecule has 3 nitrogen and oxygen atoms in total. The highest BCUT2D eigenvalue weighted by atomic mass is 16.3. The third-order valence-corrected chi connectivity index (χ3v) is 4.87. The fourth-order valence-electron chi connectivity index (χ4n) is 3.33. The van der Waals surface area contributed by atoms with Crippen LogP contribution in [0.1, 0.15) is 56.9 Å². The molecule has 1 aromatic rings. The maximum atomic E-state index is 12.0. The third-order valence-electron chi connectivity index (χ3n) is 4.87. The van der Waals surface area contributed by atoms with Crippen LogP contribution in [0, 0.1) is 5.41 Å². The number of aliphatic hydroxyl groups excluding tert-OH is 1. The van der Waals surface area contributed by atoms with Crippen LogP contribution in [0.25, 0.3) is 0 Å². The van der Waals surface area contributed by atoms with Gasteiger partial charge in [0.05, 0.1) is 6.61 Å². The molecule has 2 rings (SSSR count). The van der Waals surface area contributed by atoms with Crippen LogP contribution < -0.4 is 5.32 Å². The van der Waals surface area contributed by atoms with E-state index in [0.29, 0.717) is 13.0 Å². The first-order chi connectivity index (χ1) is 10.7. The fourth-order valence-corrected chi connectivity index (χ4v) is 3.33. The number of unbranched alkanes of at least 4 members (excludes halogenated alkanes) is 1. The Bertz CT molecular complexity index is 438. The Balaban J connectivity index is 1.61. The molecule has 0 unspecified atom stereocenters. The molecule has 0 atom stereocenters. The zero-order valence-electron chi connectivity index (χ0n) is 13.5. The zero-order chi connectivity index (χ0) is 15.7. The Kier molecular flexibility index (Phi) is 6.91. The van der Waals surface area contributed by atoms with E-state index in [0.717, 1.165) is 32.1 Å². The molecule has 0 spiro atoms. The molecule has 0 saturated heterocycles. The molecule has 1 amide bonds. The van der Waals surface area contributed by atoms with Crippen molar-refractivity contribution in [2.24, 2.45) is 5.41 Å². The van der Waals surface area contributed by atoms with Crippen molar-refractivity contribution in [3.05, 3.63) is 35.9 Å². The lowest BCUT2D eigenvalue weighted by atomic mass is 9.74. The van der Waals surface area contributed by atoms with Gasteiger partial charge in [-0.1, -0.05) is 49.6 Å². The molecule has 1 aliphatic rings. The molecule has 0 heterocycles. The van der Waals surface area contributed by atoms with E-state index in [-0.39, 0.29) is 17.9 Å². The smallest absolute Gasteiger partial charge is 0.220 e. The van der Waals surface area contributed by atoms with Crippen LogP contribution in [0.4, 0.5) is 0 Å². The normalized spacial score (nSPS) is 17.1. The van der Waals surface area contributed by atoms with Crippen LogP contribution in [0.15, 0.2) is 30.3 Å². The van der Waals surface area contributed by atoms with Gasteiger partial charge in [0.2, 0.25) is 5.91 Å². The molecule has 0 radical (unpaired) electrons. The summed E-state index contributed by atoms with van der Waals surface area (Å²) in [6.45, 7) is 0.836. The molecule has 1 aromatic carbocycles. The summed E-state index contributed by atoms with van der Waals surface area (Å²) < 4.78 is 0. The second kappa shape index (κ2) is 8.94. The van der Waals surface area contributed by atoms with E-state index in [1.807, 2.05) is 6.07 Å². The van der Waals surface area contributed by atoms with Crippen LogP contribution >= 0.6 is 0 Å². The molecule has 22 heavy (non-hydrogen) atoms. The summed E-state index contributed by atoms with van der Waals surface area (Å²) in [5.74, 6) is 0.131. The molecule has 122 valence electrons. The Morgan fingerprint density at radius 2 is 1.82 bits per heavy atom. The Labute approximate surface area is 134 Å². The van der Waals surface area contributed by atoms with Crippen molar-refractivity contribution in [3.8, 4) is 0 Å². The molecule has 3 heteroatoms. The van der Waals surface area contributed by atoms with E-state index in [4.69, 9.17) is 0 Å². The van der Waals surface area contributed by atoms with Crippen LogP contribution in [0.5, 0.6) is 0 Å². The van der Waals surface area contributed by atoms with Crippen LogP contribution in [0.3, 0.4) is 0 Å². The minimum absolute atomic E-state index is 0.0576. The fraction of sp³-hybridized carbons (Fsp3) is 0.632. The summed E-state index contributed by atoms with van der Waals surface area (Å²) in [5, 5.41) is 12.7. The summed E-state index contributed by atoms with van der Waals surface area (Å²) in [6, 6.07) is 10.4. The van der Waals surface area contributed by atoms with Gasteiger partial charge in [0.25, 0.3) is 0 Å². The number of carbonyl (C=O) groups is 1. The summed E-state index contributed by atoms with van der Waals surface area (Å²) in [7, 11) is 0. The molecule has 2 N–H and O–H groups in total. The van der Waals surface area contributed by atoms with Gasteiger partial charge in [0.1, 0.15) is 0 Å². The number of benzene rings is 1. The van der Waals surface area contributed by atoms with E-state index in [1.54, 1.807) is 0 Å². The maximum Gasteiger partial charge on any atom is 0.220 e. The summed E-state index contributed by atoms with van der Waals surface area (Å²) in [5.41, 5.74) is 1.28. The summed E-state index contributed by atoms with van der Waals surface area (Å²) in [6.07, 6.45) is 9.28. The number of amides is 1. The highest BCUT2D eigenvalue weighted by Gasteiger charge is 2.31. The van der Waals surface area contributed by atoms with Gasteiger partial charge < -0.3 is 10.4 Å². The van der Waals surface area contributed by atoms with Crippen molar-refractivity contribution in [3.63, 3.8) is 0 Å². The predicted molar refractivity (Wildman–Crippen MR) is 89.6 cm³/mol. The van der Waals surface area contributed by atoms with Gasteiger partial charge in [-0.15, -0.1) is 0 Å². The maximum absolute atomic E-state index is 12.0. The van der Waals surface area contributed by atoms with Crippen molar-refractivity contribution in [2.75, 3.05) is 13.2 Å². The molecule has 0 aromatic heterocycles. The number of aliphatic hydroxyl groups is 1. The Morgan fingerprint density at radius 1 is 1.09 bits per heavy atom. The second-order valence-corrected chi connectivity index (χ2v) is 6.69. The van der Waals surface area contributed by atoms with Gasteiger partial charge in [-0.2, -0.15) is 0 Å². The lowest BCUT2D eigenvalue weighted by Crippen LogP contribution is -2.41. The highest BCUT2D eigenvalue weighted by Crippen LogP contribution is 2.35. The average molecular weight is 303 g/mol. The van der Waals surface area contributed by atoms with E-state index < -0.39 is 0 Å². The van der Waals surface area contributed by atoms with Crippen molar-refractivity contribution >= 4 is 5.91 Å². The largest absolute Gasteiger partial charge is 0.396 e. The minimum atomic E-state index is -0.0576.